The summed E-state index contributed by atoms with van der Waals surface area (Å²) in [4.78, 5) is 42.9. The lowest BCUT2D eigenvalue weighted by atomic mass is 9.85. The number of benzene rings is 6. The summed E-state index contributed by atoms with van der Waals surface area (Å²) in [6, 6.07) is 64.1. The van der Waals surface area contributed by atoms with Crippen molar-refractivity contribution in [2.45, 2.75) is 119 Å². The molecular weight excluding hydrogens is 1090 g/mol. The van der Waals surface area contributed by atoms with Crippen LogP contribution in [0.15, 0.2) is 182 Å². The molecule has 0 radical (unpaired) electrons. The molecule has 2 aliphatic heterocycles. The average molecular weight is 1170 g/mol. The molecule has 0 fully saturated rings. The molecule has 0 aliphatic carbocycles. The number of rotatable bonds is 10. The van der Waals surface area contributed by atoms with Gasteiger partial charge in [-0.25, -0.2) is 19.6 Å². The Morgan fingerprint density at radius 2 is 0.570 bits per heavy atom. The third kappa shape index (κ3) is 11.5. The first-order chi connectivity index (χ1) is 40.9. The molecule has 6 aromatic carbocycles. The molecule has 86 heavy (non-hydrogen) atoms. The van der Waals surface area contributed by atoms with Crippen molar-refractivity contribution in [3.05, 3.63) is 238 Å². The second-order valence-electron chi connectivity index (χ2n) is 26.4. The largest absolute Gasteiger partial charge is 0.462 e. The van der Waals surface area contributed by atoms with Crippen LogP contribution in [0.25, 0.3) is 85.6 Å². The van der Waals surface area contributed by atoms with E-state index in [9.17, 15) is 0 Å². The summed E-state index contributed by atoms with van der Waals surface area (Å²) in [5.74, 6) is -0.916. The number of ether oxygens (including phenoxy) is 2. The van der Waals surface area contributed by atoms with E-state index in [2.05, 4.69) is 229 Å². The molecule has 9 aromatic rings. The zero-order valence-corrected chi connectivity index (χ0v) is 53.7. The van der Waals surface area contributed by atoms with Crippen LogP contribution < -0.4 is 0 Å². The molecule has 0 atom stereocenters. The lowest BCUT2D eigenvalue weighted by molar-refractivity contribution is -0.136. The number of hydrogen-bond donors (Lipinski definition) is 0. The van der Waals surface area contributed by atoms with Crippen LogP contribution in [0.5, 0.6) is 0 Å². The Morgan fingerprint density at radius 1 is 0.326 bits per heavy atom. The summed E-state index contributed by atoms with van der Waals surface area (Å²) in [5, 5.41) is 0. The van der Waals surface area contributed by atoms with E-state index >= 15 is 9.59 Å². The van der Waals surface area contributed by atoms with Gasteiger partial charge in [-0.3, -0.25) is 0 Å². The van der Waals surface area contributed by atoms with Crippen LogP contribution in [-0.2, 0) is 40.7 Å². The highest BCUT2D eigenvalue weighted by Crippen LogP contribution is 2.51. The van der Waals surface area contributed by atoms with Crippen molar-refractivity contribution in [2.75, 3.05) is 13.2 Å². The molecule has 0 saturated heterocycles. The van der Waals surface area contributed by atoms with Gasteiger partial charge in [0.15, 0.2) is 0 Å². The Bertz CT molecular complexity index is 4030. The maximum atomic E-state index is 15.5. The third-order valence-corrected chi connectivity index (χ3v) is 18.5. The van der Waals surface area contributed by atoms with Crippen molar-refractivity contribution in [3.63, 3.8) is 0 Å². The summed E-state index contributed by atoms with van der Waals surface area (Å²) in [5.41, 5.74) is 17.3. The molecule has 6 nitrogen and oxygen atoms in total. The van der Waals surface area contributed by atoms with Gasteiger partial charge in [0.2, 0.25) is 0 Å². The molecule has 0 unspecified atom stereocenters. The molecule has 3 aromatic heterocycles. The maximum absolute atomic E-state index is 15.5. The molecule has 2 aliphatic rings. The highest BCUT2D eigenvalue weighted by Gasteiger charge is 2.37. The van der Waals surface area contributed by atoms with Crippen LogP contribution in [0.4, 0.5) is 0 Å². The summed E-state index contributed by atoms with van der Waals surface area (Å²) < 4.78 is 16.0. The highest BCUT2D eigenvalue weighted by molar-refractivity contribution is 7.24. The molecule has 0 spiro atoms. The Kier molecular flexibility index (Phi) is 16.0. The molecule has 434 valence electrons. The van der Waals surface area contributed by atoms with Crippen molar-refractivity contribution < 1.29 is 19.1 Å². The van der Waals surface area contributed by atoms with Crippen LogP contribution in [0.1, 0.15) is 153 Å². The van der Waals surface area contributed by atoms with Gasteiger partial charge in [0.05, 0.1) is 47.1 Å². The average Bonchev–Trinajstić information content (AvgIpc) is 1.63. The topological polar surface area (TPSA) is 78.4 Å². The number of hydrogen-bond acceptors (Lipinski definition) is 8. The standard InChI is InChI=1S/C78H76N2O4S2/c1-15-83-73(81)67-65(47-23-19-17-20-24-47)69-61(49-27-35-53(36-28-49)75(3,4)5)57-44-46-60(86-57)64(52-33-41-56(42-34-52)78(12,13)14)72-68(74(82)84-16-2)66(48-25-21-18-22-26-48)70(80-72)62(50-29-37-54(38-30-50)76(6,7)8)58-43-45-59(85-58)63(71(67)79-69)51-31-39-55(40-32-51)77(9,10)11/h17-46H,15-16H2,1-14H3. The van der Waals surface area contributed by atoms with Crippen LogP contribution in [0.3, 0.4) is 0 Å². The van der Waals surface area contributed by atoms with E-state index in [1.807, 2.05) is 50.2 Å². The van der Waals surface area contributed by atoms with Gasteiger partial charge in [0.25, 0.3) is 0 Å². The second-order valence-corrected chi connectivity index (χ2v) is 28.6. The number of esters is 2. The van der Waals surface area contributed by atoms with Gasteiger partial charge in [-0.2, -0.15) is 0 Å². The van der Waals surface area contributed by atoms with E-state index in [0.29, 0.717) is 45.1 Å². The molecule has 11 rings (SSSR count). The lowest BCUT2D eigenvalue weighted by Crippen LogP contribution is -2.10. The van der Waals surface area contributed by atoms with Gasteiger partial charge < -0.3 is 9.47 Å². The fourth-order valence-electron chi connectivity index (χ4n) is 11.6. The first kappa shape index (κ1) is 59.4. The number of nitrogens with zero attached hydrogens (tertiary/aromatic N) is 2. The van der Waals surface area contributed by atoms with Crippen LogP contribution in [-0.4, -0.2) is 35.1 Å². The zero-order valence-electron chi connectivity index (χ0n) is 52.1. The number of carbonyl (C=O) groups is 2. The number of fused-ring (bicyclic) bond motifs is 8. The number of carbonyl (C=O) groups excluding carboxylic acids is 2. The van der Waals surface area contributed by atoms with E-state index < -0.39 is 11.9 Å². The smallest absolute Gasteiger partial charge is 0.341 e. The minimum Gasteiger partial charge on any atom is -0.462 e. The molecule has 0 saturated carbocycles. The Morgan fingerprint density at radius 3 is 0.802 bits per heavy atom. The normalized spacial score (nSPS) is 13.1. The predicted octanol–water partition coefficient (Wildman–Crippen LogP) is 20.7. The zero-order chi connectivity index (χ0) is 61.0. The van der Waals surface area contributed by atoms with Gasteiger partial charge in [-0.15, -0.1) is 22.7 Å². The van der Waals surface area contributed by atoms with Gasteiger partial charge in [0, 0.05) is 52.2 Å². The van der Waals surface area contributed by atoms with Gasteiger partial charge in [0.1, 0.15) is 0 Å². The monoisotopic (exact) mass is 1170 g/mol. The van der Waals surface area contributed by atoms with E-state index in [1.54, 1.807) is 22.7 Å². The quantitative estimate of drug-likeness (QED) is 0.127. The fourth-order valence-corrected chi connectivity index (χ4v) is 13.8. The second kappa shape index (κ2) is 23.2. The SMILES string of the molecule is CCOC(=O)C1=C(c2ccccc2)c2nc1c(-c1ccc(C(C)(C)C)cc1)c1ccc(s1)c(-c1ccc(C(C)(C)C)cc1)c1nc(c(-c3ccc(C(C)(C)C)cc3)c3ccc(s3)c2-c2ccc(C(C)(C)C)cc2)C(C(=O)OCC)=C1c1ccccc1. The van der Waals surface area contributed by atoms with E-state index in [1.165, 1.54) is 22.3 Å². The van der Waals surface area contributed by atoms with E-state index in [0.717, 1.165) is 74.4 Å². The Labute approximate surface area is 516 Å². The van der Waals surface area contributed by atoms with E-state index in [4.69, 9.17) is 19.4 Å². The summed E-state index contributed by atoms with van der Waals surface area (Å²) in [7, 11) is 0. The van der Waals surface area contributed by atoms with Crippen molar-refractivity contribution in [1.29, 1.82) is 0 Å². The van der Waals surface area contributed by atoms with Crippen LogP contribution >= 0.6 is 22.7 Å². The molecular formula is C78H76N2O4S2. The van der Waals surface area contributed by atoms with E-state index in [-0.39, 0.29) is 34.9 Å². The van der Waals surface area contributed by atoms with Crippen molar-refractivity contribution >= 4 is 75.7 Å². The fraction of sp³-hybridized carbons (Fsp3) is 0.256. The first-order valence-corrected chi connectivity index (χ1v) is 31.6. The number of aromatic nitrogens is 2. The summed E-state index contributed by atoms with van der Waals surface area (Å²) >= 11 is 3.24. The minimum atomic E-state index is -0.458. The van der Waals surface area contributed by atoms with Gasteiger partial charge >= 0.3 is 11.9 Å². The van der Waals surface area contributed by atoms with Crippen molar-refractivity contribution in [2.24, 2.45) is 0 Å². The maximum Gasteiger partial charge on any atom is 0.341 e. The minimum absolute atomic E-state index is 0.121. The van der Waals surface area contributed by atoms with Gasteiger partial charge in [-0.1, -0.05) is 241 Å². The Balaban J connectivity index is 1.45. The summed E-state index contributed by atoms with van der Waals surface area (Å²) in [6.07, 6.45) is 0. The van der Waals surface area contributed by atoms with Crippen LogP contribution in [0.2, 0.25) is 0 Å². The van der Waals surface area contributed by atoms with Crippen molar-refractivity contribution in [3.8, 4) is 44.5 Å². The van der Waals surface area contributed by atoms with Gasteiger partial charge in [-0.05, 0) is 115 Å². The summed E-state index contributed by atoms with van der Waals surface area (Å²) in [6.45, 7) is 30.7. The molecule has 8 heteroatoms. The molecule has 8 bridgehead atoms. The third-order valence-electron chi connectivity index (χ3n) is 16.3. The Hall–Kier alpha value is -8.30. The number of thiophene rings is 2. The predicted molar refractivity (Wildman–Crippen MR) is 363 cm³/mol. The highest BCUT2D eigenvalue weighted by atomic mass is 32.1. The molecule has 0 amide bonds. The van der Waals surface area contributed by atoms with Crippen molar-refractivity contribution in [1.82, 2.24) is 9.97 Å². The van der Waals surface area contributed by atoms with Crippen LogP contribution in [0, 0.1) is 0 Å². The lowest BCUT2D eigenvalue weighted by Gasteiger charge is -2.19. The first-order valence-electron chi connectivity index (χ1n) is 29.9. The molecule has 0 N–H and O–H groups in total. The molecule has 5 heterocycles.